The van der Waals surface area contributed by atoms with Gasteiger partial charge in [0.15, 0.2) is 0 Å². The maximum atomic E-state index is 6.24. The predicted octanol–water partition coefficient (Wildman–Crippen LogP) is 3.90. The minimum atomic E-state index is -0.410. The Hall–Kier alpha value is 0.605. The molecule has 1 saturated heterocycles. The van der Waals surface area contributed by atoms with Crippen molar-refractivity contribution >= 4 is 50.3 Å². The van der Waals surface area contributed by atoms with Crippen LogP contribution >= 0.6 is 43.2 Å². The van der Waals surface area contributed by atoms with Crippen molar-refractivity contribution in [2.24, 2.45) is 5.73 Å². The van der Waals surface area contributed by atoms with Gasteiger partial charge in [-0.25, -0.2) is 0 Å². The molecule has 3 nitrogen and oxygen atoms in total. The first-order valence-electron chi connectivity index (χ1n) is 5.70. The van der Waals surface area contributed by atoms with Crippen molar-refractivity contribution in [3.8, 4) is 0 Å². The average molecular weight is 397 g/mol. The van der Waals surface area contributed by atoms with Crippen LogP contribution in [0.25, 0.3) is 0 Å². The van der Waals surface area contributed by atoms with E-state index < -0.39 is 7.12 Å². The molecule has 1 aromatic heterocycles. The first kappa shape index (κ1) is 15.0. The summed E-state index contributed by atoms with van der Waals surface area (Å²) in [5.74, 6) is -0.279. The van der Waals surface area contributed by atoms with Crippen LogP contribution in [-0.4, -0.2) is 18.3 Å². The summed E-state index contributed by atoms with van der Waals surface area (Å²) in [5, 5.41) is 0. The van der Waals surface area contributed by atoms with E-state index in [1.54, 1.807) is 11.3 Å². The monoisotopic (exact) mass is 395 g/mol. The molecule has 1 aliphatic heterocycles. The molecule has 0 aliphatic carbocycles. The highest BCUT2D eigenvalue weighted by Crippen LogP contribution is 2.42. The quantitative estimate of drug-likeness (QED) is 0.771. The zero-order valence-corrected chi connectivity index (χ0v) is 14.8. The zero-order valence-electron chi connectivity index (χ0n) is 10.8. The molecule has 1 fully saturated rings. The largest absolute Gasteiger partial charge is 0.481 e. The van der Waals surface area contributed by atoms with Crippen molar-refractivity contribution in [3.05, 3.63) is 19.2 Å². The van der Waals surface area contributed by atoms with E-state index in [4.69, 9.17) is 15.0 Å². The molecular weight excluding hydrogens is 381 g/mol. The van der Waals surface area contributed by atoms with Crippen molar-refractivity contribution < 1.29 is 9.31 Å². The first-order valence-corrected chi connectivity index (χ1v) is 8.10. The summed E-state index contributed by atoms with van der Waals surface area (Å²) in [7, 11) is -0.410. The van der Waals surface area contributed by atoms with Gasteiger partial charge in [-0.3, -0.25) is 0 Å². The maximum absolute atomic E-state index is 6.24. The fraction of sp³-hybridized carbons (Fsp3) is 0.636. The van der Waals surface area contributed by atoms with E-state index >= 15 is 0 Å². The Morgan fingerprint density at radius 2 is 1.72 bits per heavy atom. The smallest absolute Gasteiger partial charge is 0.402 e. The average Bonchev–Trinajstić information content (AvgIpc) is 2.65. The number of hydrogen-bond acceptors (Lipinski definition) is 4. The molecule has 2 heterocycles. The predicted molar refractivity (Wildman–Crippen MR) is 82.7 cm³/mol. The van der Waals surface area contributed by atoms with E-state index in [1.165, 1.54) is 0 Å². The first-order chi connectivity index (χ1) is 8.14. The molecule has 7 heteroatoms. The molecule has 1 aliphatic rings. The SMILES string of the molecule is CC1(C)OB([C@@H](N)c2cc(Br)c(Br)s2)OC1(C)C. The van der Waals surface area contributed by atoms with Crippen LogP contribution in [0, 0.1) is 0 Å². The topological polar surface area (TPSA) is 44.5 Å². The molecule has 2 rings (SSSR count). The summed E-state index contributed by atoms with van der Waals surface area (Å²) < 4.78 is 14.0. The zero-order chi connectivity index (χ0) is 13.7. The van der Waals surface area contributed by atoms with Crippen LogP contribution in [0.3, 0.4) is 0 Å². The second kappa shape index (κ2) is 4.86. The normalized spacial score (nSPS) is 23.4. The fourth-order valence-electron chi connectivity index (χ4n) is 1.70. The summed E-state index contributed by atoms with van der Waals surface area (Å²) >= 11 is 8.53. The minimum absolute atomic E-state index is 0.279. The highest BCUT2D eigenvalue weighted by atomic mass is 79.9. The van der Waals surface area contributed by atoms with Crippen molar-refractivity contribution in [1.29, 1.82) is 0 Å². The van der Waals surface area contributed by atoms with Gasteiger partial charge in [0, 0.05) is 9.35 Å². The van der Waals surface area contributed by atoms with Crippen molar-refractivity contribution in [2.75, 3.05) is 0 Å². The van der Waals surface area contributed by atoms with Crippen molar-refractivity contribution in [3.63, 3.8) is 0 Å². The van der Waals surface area contributed by atoms with E-state index in [9.17, 15) is 0 Å². The van der Waals surface area contributed by atoms with Crippen molar-refractivity contribution in [1.82, 2.24) is 0 Å². The fourth-order valence-corrected chi connectivity index (χ4v) is 3.80. The highest BCUT2D eigenvalue weighted by molar-refractivity contribution is 9.13. The molecule has 0 radical (unpaired) electrons. The number of halogens is 2. The second-order valence-corrected chi connectivity index (χ2v) is 8.68. The standard InChI is InChI=1S/C11H16BBr2NO2S/c1-10(2)11(3,4)17-12(16-10)8(15)7-5-6(13)9(14)18-7/h5,8H,15H2,1-4H3/t8-/m0/s1. The Balaban J connectivity index is 2.19. The van der Waals surface area contributed by atoms with Crippen LogP contribution in [0.15, 0.2) is 14.3 Å². The molecule has 100 valence electrons. The molecule has 0 unspecified atom stereocenters. The third kappa shape index (κ3) is 2.58. The number of nitrogens with two attached hydrogens (primary N) is 1. The molecule has 1 atom stereocenters. The summed E-state index contributed by atoms with van der Waals surface area (Å²) in [6, 6.07) is 2.00. The van der Waals surface area contributed by atoms with Gasteiger partial charge in [-0.1, -0.05) is 0 Å². The molecule has 0 aromatic carbocycles. The molecule has 0 bridgehead atoms. The Morgan fingerprint density at radius 1 is 1.22 bits per heavy atom. The van der Waals surface area contributed by atoms with Crippen LogP contribution in [0.1, 0.15) is 38.5 Å². The highest BCUT2D eigenvalue weighted by Gasteiger charge is 2.53. The third-order valence-electron chi connectivity index (χ3n) is 3.56. The van der Waals surface area contributed by atoms with E-state index in [-0.39, 0.29) is 17.1 Å². The summed E-state index contributed by atoms with van der Waals surface area (Å²) in [5.41, 5.74) is 5.55. The van der Waals surface area contributed by atoms with Gasteiger partial charge in [0.1, 0.15) is 0 Å². The third-order valence-corrected chi connectivity index (χ3v) is 6.92. The molecule has 0 saturated carbocycles. The van der Waals surface area contributed by atoms with Crippen LogP contribution in [0.2, 0.25) is 0 Å². The number of thiophene rings is 1. The lowest BCUT2D eigenvalue weighted by Crippen LogP contribution is -2.41. The Kier molecular flexibility index (Phi) is 4.05. The van der Waals surface area contributed by atoms with Crippen LogP contribution in [0.5, 0.6) is 0 Å². The van der Waals surface area contributed by atoms with E-state index in [2.05, 4.69) is 31.9 Å². The van der Waals surface area contributed by atoms with Gasteiger partial charge >= 0.3 is 7.12 Å². The second-order valence-electron chi connectivity index (χ2n) is 5.42. The Bertz CT molecular complexity index is 428. The molecule has 0 spiro atoms. The Morgan fingerprint density at radius 3 is 2.11 bits per heavy atom. The minimum Gasteiger partial charge on any atom is -0.402 e. The van der Waals surface area contributed by atoms with E-state index in [0.717, 1.165) is 13.1 Å². The molecule has 18 heavy (non-hydrogen) atoms. The summed E-state index contributed by atoms with van der Waals surface area (Å²) in [4.78, 5) is 1.03. The molecule has 2 N–H and O–H groups in total. The van der Waals surface area contributed by atoms with E-state index in [0.29, 0.717) is 0 Å². The Labute approximate surface area is 129 Å². The number of rotatable bonds is 2. The van der Waals surface area contributed by atoms with E-state index in [1.807, 2.05) is 33.8 Å². The lowest BCUT2D eigenvalue weighted by Gasteiger charge is -2.32. The molecular formula is C11H16BBr2NO2S. The summed E-state index contributed by atoms with van der Waals surface area (Å²) in [6.45, 7) is 8.11. The van der Waals surface area contributed by atoms with Gasteiger partial charge in [0.2, 0.25) is 0 Å². The lowest BCUT2D eigenvalue weighted by atomic mass is 9.78. The van der Waals surface area contributed by atoms with Crippen LogP contribution in [0.4, 0.5) is 0 Å². The summed E-state index contributed by atoms with van der Waals surface area (Å²) in [6.07, 6.45) is 0. The number of hydrogen-bond donors (Lipinski definition) is 1. The van der Waals surface area contributed by atoms with Gasteiger partial charge in [-0.05, 0) is 65.6 Å². The van der Waals surface area contributed by atoms with Crippen molar-refractivity contribution in [2.45, 2.75) is 44.8 Å². The van der Waals surface area contributed by atoms with Gasteiger partial charge in [0.05, 0.1) is 20.9 Å². The van der Waals surface area contributed by atoms with Gasteiger partial charge in [-0.2, -0.15) is 0 Å². The van der Waals surface area contributed by atoms with Gasteiger partial charge < -0.3 is 15.0 Å². The van der Waals surface area contributed by atoms with Crippen LogP contribution < -0.4 is 5.73 Å². The van der Waals surface area contributed by atoms with Crippen LogP contribution in [-0.2, 0) is 9.31 Å². The van der Waals surface area contributed by atoms with Gasteiger partial charge in [-0.15, -0.1) is 11.3 Å². The molecule has 1 aromatic rings. The molecule has 0 amide bonds. The lowest BCUT2D eigenvalue weighted by molar-refractivity contribution is 0.00578. The maximum Gasteiger partial charge on any atom is 0.481 e. The van der Waals surface area contributed by atoms with Gasteiger partial charge in [0.25, 0.3) is 0 Å².